The number of carbonyl (C=O) groups is 3. The summed E-state index contributed by atoms with van der Waals surface area (Å²) < 4.78 is 0.608. The van der Waals surface area contributed by atoms with E-state index in [1.807, 2.05) is 0 Å². The fraction of sp³-hybridized carbons (Fsp3) is 0.250. The molecular formula is C12H9BrCl2N2O3. The number of nitrogens with zero attached hydrogens (tertiary/aromatic N) is 1. The Balaban J connectivity index is 2.60. The highest BCUT2D eigenvalue weighted by molar-refractivity contribution is 9.10. The molecule has 0 aromatic heterocycles. The van der Waals surface area contributed by atoms with Crippen LogP contribution in [0.5, 0.6) is 0 Å². The van der Waals surface area contributed by atoms with E-state index in [9.17, 15) is 14.4 Å². The van der Waals surface area contributed by atoms with E-state index >= 15 is 0 Å². The Labute approximate surface area is 133 Å². The summed E-state index contributed by atoms with van der Waals surface area (Å²) in [6, 6.07) is 2.14. The SMILES string of the molecule is CC1(C)C(=O)NC(=O)N(c2c(Cl)cc(Br)cc2Cl)C1=O. The lowest BCUT2D eigenvalue weighted by atomic mass is 9.88. The average molecular weight is 380 g/mol. The molecule has 0 bridgehead atoms. The second kappa shape index (κ2) is 5.02. The zero-order valence-electron chi connectivity index (χ0n) is 10.5. The molecule has 106 valence electrons. The lowest BCUT2D eigenvalue weighted by Crippen LogP contribution is -2.62. The Bertz CT molecular complexity index is 623. The first-order valence-electron chi connectivity index (χ1n) is 5.50. The van der Waals surface area contributed by atoms with Gasteiger partial charge in [0.2, 0.25) is 11.8 Å². The number of imide groups is 2. The summed E-state index contributed by atoms with van der Waals surface area (Å²) in [5, 5.41) is 2.36. The van der Waals surface area contributed by atoms with E-state index in [1.165, 1.54) is 26.0 Å². The van der Waals surface area contributed by atoms with Gasteiger partial charge in [0.05, 0.1) is 15.7 Å². The molecule has 1 N–H and O–H groups in total. The zero-order valence-corrected chi connectivity index (χ0v) is 13.6. The standard InChI is InChI=1S/C12H9BrCl2N2O3/c1-12(2)9(18)16-11(20)17(10(12)19)8-6(14)3-5(13)4-7(8)15/h3-4H,1-2H3,(H,16,18,20). The van der Waals surface area contributed by atoms with Gasteiger partial charge >= 0.3 is 6.03 Å². The highest BCUT2D eigenvalue weighted by atomic mass is 79.9. The number of carbonyl (C=O) groups excluding carboxylic acids is 3. The fourth-order valence-corrected chi connectivity index (χ4v) is 3.11. The van der Waals surface area contributed by atoms with Crippen molar-refractivity contribution in [3.8, 4) is 0 Å². The molecule has 1 heterocycles. The second-order valence-corrected chi connectivity index (χ2v) is 6.47. The topological polar surface area (TPSA) is 66.5 Å². The predicted molar refractivity (Wildman–Crippen MR) is 79.0 cm³/mol. The van der Waals surface area contributed by atoms with Gasteiger partial charge in [-0.15, -0.1) is 0 Å². The number of urea groups is 1. The summed E-state index contributed by atoms with van der Waals surface area (Å²) >= 11 is 15.3. The Kier molecular flexibility index (Phi) is 3.83. The van der Waals surface area contributed by atoms with Crippen molar-refractivity contribution in [3.05, 3.63) is 26.7 Å². The first-order chi connectivity index (χ1) is 9.16. The highest BCUT2D eigenvalue weighted by Gasteiger charge is 2.48. The molecule has 1 saturated heterocycles. The van der Waals surface area contributed by atoms with Gasteiger partial charge in [-0.2, -0.15) is 0 Å². The first kappa shape index (κ1) is 15.3. The van der Waals surface area contributed by atoms with Crippen molar-refractivity contribution in [2.75, 3.05) is 4.90 Å². The molecule has 0 radical (unpaired) electrons. The van der Waals surface area contributed by atoms with Gasteiger partial charge in [-0.25, -0.2) is 9.69 Å². The Morgan fingerprint density at radius 1 is 1.15 bits per heavy atom. The first-order valence-corrected chi connectivity index (χ1v) is 7.05. The number of barbiturate groups is 1. The smallest absolute Gasteiger partial charge is 0.276 e. The van der Waals surface area contributed by atoms with Crippen molar-refractivity contribution in [3.63, 3.8) is 0 Å². The zero-order chi connectivity index (χ0) is 15.2. The Morgan fingerprint density at radius 2 is 1.65 bits per heavy atom. The lowest BCUT2D eigenvalue weighted by Gasteiger charge is -2.35. The van der Waals surface area contributed by atoms with E-state index in [0.717, 1.165) is 4.90 Å². The van der Waals surface area contributed by atoms with E-state index < -0.39 is 23.3 Å². The van der Waals surface area contributed by atoms with Gasteiger partial charge in [-0.1, -0.05) is 39.1 Å². The summed E-state index contributed by atoms with van der Waals surface area (Å²) in [4.78, 5) is 36.8. The van der Waals surface area contributed by atoms with Crippen LogP contribution < -0.4 is 10.2 Å². The highest BCUT2D eigenvalue weighted by Crippen LogP contribution is 2.39. The Morgan fingerprint density at radius 3 is 2.15 bits per heavy atom. The van der Waals surface area contributed by atoms with Crippen molar-refractivity contribution in [2.24, 2.45) is 5.41 Å². The minimum absolute atomic E-state index is 0.0552. The molecule has 8 heteroatoms. The van der Waals surface area contributed by atoms with E-state index in [0.29, 0.717) is 4.47 Å². The summed E-state index contributed by atoms with van der Waals surface area (Å²) in [5.41, 5.74) is -1.33. The van der Waals surface area contributed by atoms with Crippen LogP contribution in [0.1, 0.15) is 13.8 Å². The molecule has 0 spiro atoms. The quantitative estimate of drug-likeness (QED) is 0.760. The van der Waals surface area contributed by atoms with Gasteiger partial charge in [-0.3, -0.25) is 14.9 Å². The minimum atomic E-state index is -1.38. The molecule has 0 saturated carbocycles. The molecule has 0 unspecified atom stereocenters. The van der Waals surface area contributed by atoms with Gasteiger partial charge in [-0.05, 0) is 26.0 Å². The maximum absolute atomic E-state index is 12.4. The minimum Gasteiger partial charge on any atom is -0.276 e. The molecular weight excluding hydrogens is 371 g/mol. The van der Waals surface area contributed by atoms with Gasteiger partial charge in [0, 0.05) is 4.47 Å². The molecule has 1 aromatic rings. The van der Waals surface area contributed by atoms with Gasteiger partial charge < -0.3 is 0 Å². The summed E-state index contributed by atoms with van der Waals surface area (Å²) in [6.07, 6.45) is 0. The van der Waals surface area contributed by atoms with Crippen molar-refractivity contribution >= 4 is 62.7 Å². The Hall–Kier alpha value is -1.11. The maximum atomic E-state index is 12.4. The van der Waals surface area contributed by atoms with Crippen LogP contribution in [0.2, 0.25) is 10.0 Å². The van der Waals surface area contributed by atoms with E-state index in [1.54, 1.807) is 0 Å². The van der Waals surface area contributed by atoms with E-state index in [2.05, 4.69) is 21.2 Å². The van der Waals surface area contributed by atoms with Crippen LogP contribution in [-0.2, 0) is 9.59 Å². The number of nitrogens with one attached hydrogen (secondary N) is 1. The van der Waals surface area contributed by atoms with Gasteiger partial charge in [0.25, 0.3) is 0 Å². The number of rotatable bonds is 1. The molecule has 20 heavy (non-hydrogen) atoms. The molecule has 0 aliphatic carbocycles. The second-order valence-electron chi connectivity index (χ2n) is 4.74. The molecule has 2 rings (SSSR count). The number of amides is 4. The predicted octanol–water partition coefficient (Wildman–Crippen LogP) is 3.36. The number of halogens is 3. The van der Waals surface area contributed by atoms with Crippen LogP contribution >= 0.6 is 39.1 Å². The van der Waals surface area contributed by atoms with Crippen molar-refractivity contribution in [2.45, 2.75) is 13.8 Å². The van der Waals surface area contributed by atoms with Gasteiger partial charge in [0.15, 0.2) is 0 Å². The third kappa shape index (κ3) is 2.32. The number of hydrogen-bond acceptors (Lipinski definition) is 3. The normalized spacial score (nSPS) is 18.2. The molecule has 1 aliphatic heterocycles. The van der Waals surface area contributed by atoms with Crippen molar-refractivity contribution in [1.82, 2.24) is 5.32 Å². The third-order valence-electron chi connectivity index (χ3n) is 2.93. The number of hydrogen-bond donors (Lipinski definition) is 1. The number of benzene rings is 1. The fourth-order valence-electron chi connectivity index (χ4n) is 1.73. The summed E-state index contributed by atoms with van der Waals surface area (Å²) in [5.74, 6) is -1.34. The number of anilines is 1. The lowest BCUT2D eigenvalue weighted by molar-refractivity contribution is -0.140. The monoisotopic (exact) mass is 378 g/mol. The van der Waals surface area contributed by atoms with Crippen LogP contribution in [0.4, 0.5) is 10.5 Å². The van der Waals surface area contributed by atoms with E-state index in [-0.39, 0.29) is 15.7 Å². The largest absolute Gasteiger partial charge is 0.335 e. The summed E-state index contributed by atoms with van der Waals surface area (Å²) in [7, 11) is 0. The molecule has 0 atom stereocenters. The molecule has 4 amide bonds. The van der Waals surface area contributed by atoms with Crippen molar-refractivity contribution in [1.29, 1.82) is 0 Å². The summed E-state index contributed by atoms with van der Waals surface area (Å²) in [6.45, 7) is 2.84. The maximum Gasteiger partial charge on any atom is 0.335 e. The average Bonchev–Trinajstić information content (AvgIpc) is 2.30. The van der Waals surface area contributed by atoms with Crippen LogP contribution in [0, 0.1) is 5.41 Å². The molecule has 5 nitrogen and oxygen atoms in total. The van der Waals surface area contributed by atoms with E-state index in [4.69, 9.17) is 23.2 Å². The van der Waals surface area contributed by atoms with Crippen molar-refractivity contribution < 1.29 is 14.4 Å². The van der Waals surface area contributed by atoms with Gasteiger partial charge in [0.1, 0.15) is 5.41 Å². The molecule has 1 aliphatic rings. The van der Waals surface area contributed by atoms with Crippen LogP contribution in [0.3, 0.4) is 0 Å². The van der Waals surface area contributed by atoms with Crippen LogP contribution in [0.15, 0.2) is 16.6 Å². The third-order valence-corrected chi connectivity index (χ3v) is 3.97. The van der Waals surface area contributed by atoms with Crippen LogP contribution in [-0.4, -0.2) is 17.8 Å². The molecule has 1 fully saturated rings. The molecule has 1 aromatic carbocycles. The van der Waals surface area contributed by atoms with Crippen LogP contribution in [0.25, 0.3) is 0 Å².